The molecular weight excluding hydrogens is 404 g/mol. The lowest BCUT2D eigenvalue weighted by molar-refractivity contribution is -0.138. The van der Waals surface area contributed by atoms with E-state index in [1.807, 2.05) is 24.3 Å². The van der Waals surface area contributed by atoms with Crippen LogP contribution in [0.25, 0.3) is 11.1 Å². The highest BCUT2D eigenvalue weighted by Crippen LogP contribution is 2.24. The van der Waals surface area contributed by atoms with Gasteiger partial charge in [0.15, 0.2) is 0 Å². The van der Waals surface area contributed by atoms with Gasteiger partial charge in [0.05, 0.1) is 12.0 Å². The molecule has 0 spiro atoms. The highest BCUT2D eigenvalue weighted by Gasteiger charge is 2.15. The topological polar surface area (TPSA) is 119 Å². The van der Waals surface area contributed by atoms with Crippen molar-refractivity contribution in [2.24, 2.45) is 5.73 Å². The summed E-state index contributed by atoms with van der Waals surface area (Å²) in [6.45, 7) is 0. The molecule has 30 heavy (non-hydrogen) atoms. The summed E-state index contributed by atoms with van der Waals surface area (Å²) < 4.78 is 33.0. The molecule has 0 aliphatic heterocycles. The summed E-state index contributed by atoms with van der Waals surface area (Å²) in [5.41, 5.74) is 8.43. The van der Waals surface area contributed by atoms with Crippen molar-refractivity contribution in [1.29, 1.82) is 0 Å². The summed E-state index contributed by atoms with van der Waals surface area (Å²) in [6.07, 6.45) is 0.162. The number of hydrogen-bond donors (Lipinski definition) is 3. The Morgan fingerprint density at radius 3 is 2.00 bits per heavy atom. The van der Waals surface area contributed by atoms with E-state index >= 15 is 0 Å². The third-order valence-corrected chi connectivity index (χ3v) is 5.96. The molecule has 0 saturated carbocycles. The Bertz CT molecular complexity index is 1110. The van der Waals surface area contributed by atoms with E-state index < -0.39 is 22.0 Å². The minimum Gasteiger partial charge on any atom is -0.497 e. The number of carboxylic acid groups (broad SMARTS) is 1. The summed E-state index contributed by atoms with van der Waals surface area (Å²) in [7, 11) is -2.16. The Morgan fingerprint density at radius 1 is 0.967 bits per heavy atom. The number of carboxylic acids is 1. The number of ether oxygens (including phenoxy) is 1. The Hall–Kier alpha value is -3.36. The molecule has 7 nitrogen and oxygen atoms in total. The standard InChI is InChI=1S/C22H22N2O5S/c1-29-19-10-4-16(5-11-19)17-6-12-20(13-7-17)30(27,28)24-18-8-2-15(3-9-18)14-21(23)22(25)26/h2-13,21,24H,14,23H2,1H3,(H,25,26)/t21-/m0/s1. The Balaban J connectivity index is 1.71. The van der Waals surface area contributed by atoms with E-state index in [4.69, 9.17) is 15.6 Å². The quantitative estimate of drug-likeness (QED) is 0.509. The van der Waals surface area contributed by atoms with Crippen molar-refractivity contribution < 1.29 is 23.1 Å². The van der Waals surface area contributed by atoms with Crippen molar-refractivity contribution in [2.45, 2.75) is 17.4 Å². The molecule has 0 amide bonds. The molecule has 0 bridgehead atoms. The second-order valence-electron chi connectivity index (χ2n) is 6.70. The highest BCUT2D eigenvalue weighted by molar-refractivity contribution is 7.92. The van der Waals surface area contributed by atoms with Crippen molar-refractivity contribution in [3.8, 4) is 16.9 Å². The number of rotatable bonds is 8. The lowest BCUT2D eigenvalue weighted by Crippen LogP contribution is -2.32. The first-order chi connectivity index (χ1) is 14.3. The molecule has 0 heterocycles. The van der Waals surface area contributed by atoms with Gasteiger partial charge in [0, 0.05) is 5.69 Å². The number of anilines is 1. The number of methoxy groups -OCH3 is 1. The first kappa shape index (κ1) is 21.4. The van der Waals surface area contributed by atoms with E-state index in [9.17, 15) is 13.2 Å². The Kier molecular flexibility index (Phi) is 6.39. The zero-order valence-corrected chi connectivity index (χ0v) is 17.1. The maximum atomic E-state index is 12.7. The van der Waals surface area contributed by atoms with Gasteiger partial charge in [0.25, 0.3) is 10.0 Å². The summed E-state index contributed by atoms with van der Waals surface area (Å²) in [5, 5.41) is 8.87. The third kappa shape index (κ3) is 5.16. The van der Waals surface area contributed by atoms with Gasteiger partial charge in [-0.1, -0.05) is 36.4 Å². The molecule has 0 aliphatic carbocycles. The predicted octanol–water partition coefficient (Wildman–Crippen LogP) is 3.12. The molecule has 0 radical (unpaired) electrons. The van der Waals surface area contributed by atoms with E-state index in [0.29, 0.717) is 11.3 Å². The van der Waals surface area contributed by atoms with Crippen LogP contribution in [0.5, 0.6) is 5.75 Å². The van der Waals surface area contributed by atoms with Gasteiger partial charge in [-0.25, -0.2) is 8.42 Å². The summed E-state index contributed by atoms with van der Waals surface area (Å²) >= 11 is 0. The van der Waals surface area contributed by atoms with Crippen LogP contribution in [-0.4, -0.2) is 32.6 Å². The maximum absolute atomic E-state index is 12.7. The number of hydrogen-bond acceptors (Lipinski definition) is 5. The lowest BCUT2D eigenvalue weighted by Gasteiger charge is -2.11. The Morgan fingerprint density at radius 2 is 1.50 bits per heavy atom. The van der Waals surface area contributed by atoms with Gasteiger partial charge in [-0.05, 0) is 59.5 Å². The average molecular weight is 426 g/mol. The minimum atomic E-state index is -3.76. The summed E-state index contributed by atoms with van der Waals surface area (Å²) in [4.78, 5) is 11.0. The summed E-state index contributed by atoms with van der Waals surface area (Å²) in [5.74, 6) is -0.337. The normalized spacial score (nSPS) is 12.2. The second kappa shape index (κ2) is 8.98. The molecule has 0 fully saturated rings. The zero-order chi connectivity index (χ0) is 21.7. The summed E-state index contributed by atoms with van der Waals surface area (Å²) in [6, 6.07) is 19.5. The van der Waals surface area contributed by atoms with Crippen LogP contribution in [0, 0.1) is 0 Å². The van der Waals surface area contributed by atoms with Crippen LogP contribution in [0.3, 0.4) is 0 Å². The molecule has 3 aromatic rings. The van der Waals surface area contributed by atoms with Crippen LogP contribution in [0.4, 0.5) is 5.69 Å². The van der Waals surface area contributed by atoms with E-state index in [1.54, 1.807) is 55.6 Å². The number of nitrogens with one attached hydrogen (secondary N) is 1. The molecule has 8 heteroatoms. The molecule has 0 saturated heterocycles. The van der Waals surface area contributed by atoms with Crippen molar-refractivity contribution in [2.75, 3.05) is 11.8 Å². The lowest BCUT2D eigenvalue weighted by atomic mass is 10.1. The third-order valence-electron chi connectivity index (χ3n) is 4.57. The molecule has 0 unspecified atom stereocenters. The van der Waals surface area contributed by atoms with Crippen LogP contribution in [0.1, 0.15) is 5.56 Å². The molecule has 0 aromatic heterocycles. The van der Waals surface area contributed by atoms with Crippen molar-refractivity contribution in [3.63, 3.8) is 0 Å². The van der Waals surface area contributed by atoms with Gasteiger partial charge in [-0.2, -0.15) is 0 Å². The predicted molar refractivity (Wildman–Crippen MR) is 115 cm³/mol. The van der Waals surface area contributed by atoms with Gasteiger partial charge in [0.1, 0.15) is 11.8 Å². The Labute approximate surface area is 175 Å². The molecule has 156 valence electrons. The van der Waals surface area contributed by atoms with Gasteiger partial charge >= 0.3 is 5.97 Å². The number of benzene rings is 3. The largest absolute Gasteiger partial charge is 0.497 e. The van der Waals surface area contributed by atoms with E-state index in [0.717, 1.165) is 16.9 Å². The first-order valence-corrected chi connectivity index (χ1v) is 10.6. The SMILES string of the molecule is COc1ccc(-c2ccc(S(=O)(=O)Nc3ccc(C[C@H](N)C(=O)O)cc3)cc2)cc1. The number of aliphatic carboxylic acids is 1. The van der Waals surface area contributed by atoms with Crippen molar-refractivity contribution >= 4 is 21.7 Å². The van der Waals surface area contributed by atoms with Gasteiger partial charge in [0.2, 0.25) is 0 Å². The number of sulfonamides is 1. The molecule has 4 N–H and O–H groups in total. The fourth-order valence-corrected chi connectivity index (χ4v) is 3.93. The molecule has 3 rings (SSSR count). The molecule has 1 atom stereocenters. The van der Waals surface area contributed by atoms with Crippen LogP contribution in [0.15, 0.2) is 77.7 Å². The zero-order valence-electron chi connectivity index (χ0n) is 16.3. The van der Waals surface area contributed by atoms with Crippen molar-refractivity contribution in [1.82, 2.24) is 0 Å². The van der Waals surface area contributed by atoms with Gasteiger partial charge < -0.3 is 15.6 Å². The maximum Gasteiger partial charge on any atom is 0.320 e. The van der Waals surface area contributed by atoms with Gasteiger partial charge in [-0.15, -0.1) is 0 Å². The molecule has 3 aromatic carbocycles. The fourth-order valence-electron chi connectivity index (χ4n) is 2.87. The van der Waals surface area contributed by atoms with Crippen molar-refractivity contribution in [3.05, 3.63) is 78.4 Å². The highest BCUT2D eigenvalue weighted by atomic mass is 32.2. The van der Waals surface area contributed by atoms with Gasteiger partial charge in [-0.3, -0.25) is 9.52 Å². The van der Waals surface area contributed by atoms with Crippen LogP contribution in [-0.2, 0) is 21.2 Å². The van der Waals surface area contributed by atoms with E-state index in [-0.39, 0.29) is 11.3 Å². The van der Waals surface area contributed by atoms with Crippen LogP contribution in [0.2, 0.25) is 0 Å². The second-order valence-corrected chi connectivity index (χ2v) is 8.39. The van der Waals surface area contributed by atoms with E-state index in [1.165, 1.54) is 0 Å². The fraction of sp³-hybridized carbons (Fsp3) is 0.136. The monoisotopic (exact) mass is 426 g/mol. The molecule has 0 aliphatic rings. The first-order valence-electron chi connectivity index (χ1n) is 9.13. The number of carbonyl (C=O) groups is 1. The number of nitrogens with two attached hydrogens (primary N) is 1. The smallest absolute Gasteiger partial charge is 0.320 e. The minimum absolute atomic E-state index is 0.136. The van der Waals surface area contributed by atoms with Crippen LogP contribution < -0.4 is 15.2 Å². The average Bonchev–Trinajstić information content (AvgIpc) is 2.75. The van der Waals surface area contributed by atoms with Crippen LogP contribution >= 0.6 is 0 Å². The molecular formula is C22H22N2O5S. The van der Waals surface area contributed by atoms with E-state index in [2.05, 4.69) is 4.72 Å².